The summed E-state index contributed by atoms with van der Waals surface area (Å²) in [6.45, 7) is 4.19. The van der Waals surface area contributed by atoms with Gasteiger partial charge in [0.2, 0.25) is 0 Å². The van der Waals surface area contributed by atoms with Gasteiger partial charge in [-0.2, -0.15) is 0 Å². The van der Waals surface area contributed by atoms with Gasteiger partial charge in [-0.15, -0.1) is 0 Å². The second-order valence-corrected chi connectivity index (χ2v) is 3.34. The molecule has 0 unspecified atom stereocenters. The molecule has 0 fully saturated rings. The van der Waals surface area contributed by atoms with Gasteiger partial charge in [0, 0.05) is 0 Å². The van der Waals surface area contributed by atoms with Gasteiger partial charge in [-0.25, -0.2) is 0 Å². The number of hydrogen-bond acceptors (Lipinski definition) is 2. The van der Waals surface area contributed by atoms with E-state index in [1.165, 1.54) is 17.9 Å². The van der Waals surface area contributed by atoms with Crippen LogP contribution < -0.4 is 0 Å². The summed E-state index contributed by atoms with van der Waals surface area (Å²) in [6, 6.07) is 0. The zero-order valence-corrected chi connectivity index (χ0v) is 9.63. The van der Waals surface area contributed by atoms with Crippen LogP contribution in [0.25, 0.3) is 0 Å². The molecule has 0 heterocycles. The Hall–Kier alpha value is 0.257. The van der Waals surface area contributed by atoms with Crippen molar-refractivity contribution in [2.24, 2.45) is 0 Å². The van der Waals surface area contributed by atoms with E-state index < -0.39 is 0 Å². The molecule has 0 bridgehead atoms. The van der Waals surface area contributed by atoms with Crippen molar-refractivity contribution < 1.29 is 9.47 Å². The molecule has 0 saturated heterocycles. The van der Waals surface area contributed by atoms with Crippen LogP contribution in [0.4, 0.5) is 0 Å². The average molecular weight is 192 g/mol. The Morgan fingerprint density at radius 3 is 2.50 bits per heavy atom. The van der Waals surface area contributed by atoms with Gasteiger partial charge in [-0.3, -0.25) is 0 Å². The van der Waals surface area contributed by atoms with E-state index in [9.17, 15) is 0 Å². The van der Waals surface area contributed by atoms with E-state index in [-0.39, 0.29) is 0 Å². The minimum atomic E-state index is 0.446. The maximum atomic E-state index is 5.29. The molecule has 0 amide bonds. The van der Waals surface area contributed by atoms with E-state index in [2.05, 4.69) is 36.8 Å². The molecule has 0 radical (unpaired) electrons. The fraction of sp³-hybridized carbons (Fsp3) is 0.818. The molecule has 0 aromatic carbocycles. The van der Waals surface area contributed by atoms with Crippen molar-refractivity contribution in [1.29, 1.82) is 0 Å². The Bertz CT molecular complexity index is 126. The number of hydrogen-bond donors (Lipinski definition) is 0. The third-order valence-corrected chi connectivity index (χ3v) is 1.86. The van der Waals surface area contributed by atoms with Crippen LogP contribution in [0.1, 0.15) is 32.6 Å². The van der Waals surface area contributed by atoms with Gasteiger partial charge in [-0.05, 0) is 0 Å². The standard InChI is InChI=1S/C11H21O2.Li/c1-3-5-7-8-10-13-11-12-9-6-4-2;/h5,7H,1,3-4,6,8-11H2,2H3;. The topological polar surface area (TPSA) is 18.5 Å². The van der Waals surface area contributed by atoms with E-state index in [1.807, 2.05) is 0 Å². The smallest absolute Gasteiger partial charge is 0.0653 e. The van der Waals surface area contributed by atoms with Crippen LogP contribution in [-0.2, 0) is 9.47 Å². The molecule has 0 spiro atoms. The second-order valence-electron chi connectivity index (χ2n) is 3.34. The van der Waals surface area contributed by atoms with Crippen molar-refractivity contribution in [3.05, 3.63) is 12.2 Å². The Labute approximate surface area is 97.2 Å². The van der Waals surface area contributed by atoms with Crippen LogP contribution in [0.15, 0.2) is 12.2 Å². The number of ether oxygens (including phenoxy) is 2. The molecule has 0 aliphatic heterocycles. The minimum absolute atomic E-state index is 0.446. The zero-order valence-electron chi connectivity index (χ0n) is 9.63. The van der Waals surface area contributed by atoms with E-state index in [4.69, 9.17) is 9.47 Å². The summed E-state index contributed by atoms with van der Waals surface area (Å²) in [6.07, 6.45) is 8.86. The van der Waals surface area contributed by atoms with Crippen LogP contribution in [0.5, 0.6) is 0 Å². The molecule has 0 saturated carbocycles. The summed E-state index contributed by atoms with van der Waals surface area (Å²) < 4.78 is 10.5. The Kier molecular flexibility index (Phi) is 13.5. The van der Waals surface area contributed by atoms with Crippen molar-refractivity contribution in [1.82, 2.24) is 0 Å². The van der Waals surface area contributed by atoms with Gasteiger partial charge in [-0.1, -0.05) is 6.92 Å². The van der Waals surface area contributed by atoms with Crippen LogP contribution in [0.2, 0.25) is 5.09 Å². The SMILES string of the molecule is [Li][CH2]CC=CCCOCOCCCC. The predicted octanol–water partition coefficient (Wildman–Crippen LogP) is 2.70. The first-order valence-corrected chi connectivity index (χ1v) is 5.72. The molecule has 2 nitrogen and oxygen atoms in total. The van der Waals surface area contributed by atoms with Gasteiger partial charge in [0.15, 0.2) is 0 Å². The van der Waals surface area contributed by atoms with Crippen molar-refractivity contribution in [3.63, 3.8) is 0 Å². The van der Waals surface area contributed by atoms with Gasteiger partial charge in [0.25, 0.3) is 0 Å². The summed E-state index contributed by atoms with van der Waals surface area (Å²) in [5, 5.41) is 1.22. The molecule has 3 heteroatoms. The van der Waals surface area contributed by atoms with Crippen molar-refractivity contribution in [2.75, 3.05) is 20.0 Å². The molecule has 78 valence electrons. The molecule has 14 heavy (non-hydrogen) atoms. The van der Waals surface area contributed by atoms with Gasteiger partial charge in [0.1, 0.15) is 0 Å². The third-order valence-electron chi connectivity index (χ3n) is 1.86. The summed E-state index contributed by atoms with van der Waals surface area (Å²) in [5.74, 6) is 0. The van der Waals surface area contributed by atoms with E-state index >= 15 is 0 Å². The summed E-state index contributed by atoms with van der Waals surface area (Å²) in [5.41, 5.74) is 0. The van der Waals surface area contributed by atoms with Crippen molar-refractivity contribution in [3.8, 4) is 0 Å². The normalized spacial score (nSPS) is 11.4. The average Bonchev–Trinajstić information content (AvgIpc) is 2.21. The van der Waals surface area contributed by atoms with Crippen LogP contribution >= 0.6 is 0 Å². The molecule has 0 N–H and O–H groups in total. The van der Waals surface area contributed by atoms with Gasteiger partial charge >= 0.3 is 90.1 Å². The predicted molar refractivity (Wildman–Crippen MR) is 60.6 cm³/mol. The molecule has 0 rings (SSSR count). The molecule has 0 aromatic heterocycles. The van der Waals surface area contributed by atoms with Crippen molar-refractivity contribution >= 4 is 17.7 Å². The molecule has 0 atom stereocenters. The van der Waals surface area contributed by atoms with Gasteiger partial charge < -0.3 is 0 Å². The number of allylic oxidation sites excluding steroid dienone is 1. The number of rotatable bonds is 10. The Morgan fingerprint density at radius 1 is 1.07 bits per heavy atom. The maximum absolute atomic E-state index is 5.29. The minimum Gasteiger partial charge on any atom is -0.0653 e. The first kappa shape index (κ1) is 14.3. The molecule has 0 aliphatic carbocycles. The Balaban J connectivity index is 2.91. The van der Waals surface area contributed by atoms with E-state index in [1.54, 1.807) is 0 Å². The summed E-state index contributed by atoms with van der Waals surface area (Å²) in [7, 11) is 0. The fourth-order valence-corrected chi connectivity index (χ4v) is 0.977. The molecule has 0 aliphatic rings. The molecular formula is C11H21LiO2. The van der Waals surface area contributed by atoms with Crippen LogP contribution in [-0.4, -0.2) is 37.7 Å². The fourth-order valence-electron chi connectivity index (χ4n) is 0.977. The van der Waals surface area contributed by atoms with Crippen LogP contribution in [0, 0.1) is 0 Å². The molecule has 0 aromatic rings. The first-order valence-electron chi connectivity index (χ1n) is 5.72. The van der Waals surface area contributed by atoms with E-state index in [0.29, 0.717) is 6.79 Å². The van der Waals surface area contributed by atoms with E-state index in [0.717, 1.165) is 26.1 Å². The molecular weight excluding hydrogens is 171 g/mol. The summed E-state index contributed by atoms with van der Waals surface area (Å²) >= 11 is 2.18. The number of unbranched alkanes of at least 4 members (excludes halogenated alkanes) is 1. The monoisotopic (exact) mass is 192 g/mol. The summed E-state index contributed by atoms with van der Waals surface area (Å²) in [4.78, 5) is 0. The third kappa shape index (κ3) is 12.3. The zero-order chi connectivity index (χ0) is 10.5. The van der Waals surface area contributed by atoms with Gasteiger partial charge in [0.05, 0.1) is 0 Å². The quantitative estimate of drug-likeness (QED) is 0.229. The first-order chi connectivity index (χ1) is 6.91. The van der Waals surface area contributed by atoms with Crippen molar-refractivity contribution in [2.45, 2.75) is 37.7 Å². The second kappa shape index (κ2) is 13.3. The Morgan fingerprint density at radius 2 is 1.79 bits per heavy atom. The van der Waals surface area contributed by atoms with Crippen LogP contribution in [0.3, 0.4) is 0 Å².